The van der Waals surface area contributed by atoms with E-state index in [0.717, 1.165) is 12.8 Å². The van der Waals surface area contributed by atoms with Gasteiger partial charge in [0.05, 0.1) is 5.69 Å². The summed E-state index contributed by atoms with van der Waals surface area (Å²) in [6.07, 6.45) is 4.13. The highest BCUT2D eigenvalue weighted by Gasteiger charge is 2.00. The Kier molecular flexibility index (Phi) is 3.67. The lowest BCUT2D eigenvalue weighted by Gasteiger charge is -1.99. The highest BCUT2D eigenvalue weighted by atomic mass is 19.1. The molecule has 1 aromatic heterocycles. The largest absolute Gasteiger partial charge is 0.330 e. The summed E-state index contributed by atoms with van der Waals surface area (Å²) in [5.41, 5.74) is 5.86. The number of halogens is 1. The predicted octanol–water partition coefficient (Wildman–Crippen LogP) is 1.50. The van der Waals surface area contributed by atoms with Crippen LogP contribution in [0.25, 0.3) is 0 Å². The fourth-order valence-corrected chi connectivity index (χ4v) is 1.04. The van der Waals surface area contributed by atoms with Gasteiger partial charge < -0.3 is 5.73 Å². The molecule has 0 saturated heterocycles. The highest BCUT2D eigenvalue weighted by molar-refractivity contribution is 5.06. The average Bonchev–Trinajstić information content (AvgIpc) is 2.09. The molecule has 2 N–H and O–H groups in total. The summed E-state index contributed by atoms with van der Waals surface area (Å²) in [6, 6.07) is 3.03. The summed E-state index contributed by atoms with van der Waals surface area (Å²) in [5, 5.41) is 0. The van der Waals surface area contributed by atoms with Gasteiger partial charge in [0, 0.05) is 6.20 Å². The van der Waals surface area contributed by atoms with Gasteiger partial charge in [0.1, 0.15) is 5.82 Å². The Labute approximate surface area is 71.6 Å². The average molecular weight is 168 g/mol. The standard InChI is InChI=1S/C9H13FN2/c10-8-4-3-7-12-9(8)5-1-2-6-11/h3-4,7H,1-2,5-6,11H2. The van der Waals surface area contributed by atoms with Gasteiger partial charge in [-0.2, -0.15) is 0 Å². The van der Waals surface area contributed by atoms with Crippen LogP contribution < -0.4 is 5.73 Å². The van der Waals surface area contributed by atoms with Crippen LogP contribution in [0.5, 0.6) is 0 Å². The minimum Gasteiger partial charge on any atom is -0.330 e. The van der Waals surface area contributed by atoms with Crippen LogP contribution in [0.15, 0.2) is 18.3 Å². The number of aryl methyl sites for hydroxylation is 1. The summed E-state index contributed by atoms with van der Waals surface area (Å²) in [4.78, 5) is 3.93. The minimum absolute atomic E-state index is 0.213. The zero-order valence-corrected chi connectivity index (χ0v) is 6.96. The second-order valence-corrected chi connectivity index (χ2v) is 2.68. The number of nitrogens with zero attached hydrogens (tertiary/aromatic N) is 1. The third kappa shape index (κ3) is 2.58. The van der Waals surface area contributed by atoms with Gasteiger partial charge >= 0.3 is 0 Å². The Bertz CT molecular complexity index is 238. The summed E-state index contributed by atoms with van der Waals surface area (Å²) in [6.45, 7) is 0.661. The predicted molar refractivity (Wildman–Crippen MR) is 46.2 cm³/mol. The van der Waals surface area contributed by atoms with Gasteiger partial charge in [0.25, 0.3) is 0 Å². The maximum Gasteiger partial charge on any atom is 0.144 e. The van der Waals surface area contributed by atoms with Gasteiger partial charge in [-0.3, -0.25) is 4.98 Å². The Morgan fingerprint density at radius 2 is 2.25 bits per heavy atom. The molecule has 3 heteroatoms. The number of hydrogen-bond donors (Lipinski definition) is 1. The Hall–Kier alpha value is -0.960. The first-order valence-corrected chi connectivity index (χ1v) is 4.14. The number of pyridine rings is 1. The molecule has 1 aromatic rings. The molecular weight excluding hydrogens is 155 g/mol. The van der Waals surface area contributed by atoms with Gasteiger partial charge in [-0.1, -0.05) is 0 Å². The van der Waals surface area contributed by atoms with Gasteiger partial charge in [-0.25, -0.2) is 4.39 Å². The van der Waals surface area contributed by atoms with Crippen LogP contribution in [0.4, 0.5) is 4.39 Å². The fourth-order valence-electron chi connectivity index (χ4n) is 1.04. The van der Waals surface area contributed by atoms with Gasteiger partial charge in [-0.15, -0.1) is 0 Å². The van der Waals surface area contributed by atoms with Crippen molar-refractivity contribution in [2.45, 2.75) is 19.3 Å². The molecule has 0 unspecified atom stereocenters. The van der Waals surface area contributed by atoms with E-state index in [9.17, 15) is 4.39 Å². The van der Waals surface area contributed by atoms with Crippen LogP contribution in [-0.2, 0) is 6.42 Å². The lowest BCUT2D eigenvalue weighted by molar-refractivity contribution is 0.588. The molecule has 0 atom stereocenters. The monoisotopic (exact) mass is 168 g/mol. The molecule has 0 saturated carbocycles. The zero-order valence-electron chi connectivity index (χ0n) is 6.96. The van der Waals surface area contributed by atoms with E-state index in [-0.39, 0.29) is 5.82 Å². The second kappa shape index (κ2) is 4.83. The topological polar surface area (TPSA) is 38.9 Å². The van der Waals surface area contributed by atoms with Gasteiger partial charge in [0.2, 0.25) is 0 Å². The minimum atomic E-state index is -0.213. The number of aromatic nitrogens is 1. The molecule has 1 rings (SSSR count). The molecule has 0 aromatic carbocycles. The normalized spacial score (nSPS) is 10.2. The smallest absolute Gasteiger partial charge is 0.144 e. The van der Waals surface area contributed by atoms with E-state index in [1.54, 1.807) is 12.3 Å². The molecule has 1 heterocycles. The number of unbranched alkanes of at least 4 members (excludes halogenated alkanes) is 1. The van der Waals surface area contributed by atoms with E-state index in [1.165, 1.54) is 6.07 Å². The third-order valence-corrected chi connectivity index (χ3v) is 1.70. The second-order valence-electron chi connectivity index (χ2n) is 2.68. The van der Waals surface area contributed by atoms with Crippen molar-refractivity contribution in [3.8, 4) is 0 Å². The van der Waals surface area contributed by atoms with E-state index < -0.39 is 0 Å². The van der Waals surface area contributed by atoms with Crippen LogP contribution in [0.2, 0.25) is 0 Å². The molecule has 2 nitrogen and oxygen atoms in total. The quantitative estimate of drug-likeness (QED) is 0.692. The van der Waals surface area contributed by atoms with Crippen molar-refractivity contribution in [3.05, 3.63) is 29.8 Å². The zero-order chi connectivity index (χ0) is 8.81. The van der Waals surface area contributed by atoms with E-state index in [2.05, 4.69) is 4.98 Å². The number of rotatable bonds is 4. The lowest BCUT2D eigenvalue weighted by atomic mass is 10.2. The summed E-state index contributed by atoms with van der Waals surface area (Å²) in [5.74, 6) is -0.213. The Morgan fingerprint density at radius 3 is 2.92 bits per heavy atom. The molecule has 0 spiro atoms. The molecule has 0 radical (unpaired) electrons. The van der Waals surface area contributed by atoms with Crippen LogP contribution >= 0.6 is 0 Å². The molecule has 0 aliphatic rings. The molecule has 0 aliphatic heterocycles. The maximum absolute atomic E-state index is 12.9. The van der Waals surface area contributed by atoms with Crippen molar-refractivity contribution in [3.63, 3.8) is 0 Å². The first-order chi connectivity index (χ1) is 5.84. The van der Waals surface area contributed by atoms with Crippen molar-refractivity contribution in [2.24, 2.45) is 5.73 Å². The third-order valence-electron chi connectivity index (χ3n) is 1.70. The van der Waals surface area contributed by atoms with Crippen molar-refractivity contribution < 1.29 is 4.39 Å². The van der Waals surface area contributed by atoms with E-state index in [0.29, 0.717) is 18.7 Å². The fraction of sp³-hybridized carbons (Fsp3) is 0.444. The van der Waals surface area contributed by atoms with Crippen LogP contribution in [0.1, 0.15) is 18.5 Å². The van der Waals surface area contributed by atoms with Gasteiger partial charge in [-0.05, 0) is 37.9 Å². The van der Waals surface area contributed by atoms with E-state index in [1.807, 2.05) is 0 Å². The van der Waals surface area contributed by atoms with Crippen molar-refractivity contribution >= 4 is 0 Å². The number of hydrogen-bond acceptors (Lipinski definition) is 2. The lowest BCUT2D eigenvalue weighted by Crippen LogP contribution is -2.00. The molecule has 12 heavy (non-hydrogen) atoms. The first kappa shape index (κ1) is 9.13. The molecule has 0 amide bonds. The van der Waals surface area contributed by atoms with Crippen molar-refractivity contribution in [1.82, 2.24) is 4.98 Å². The molecular formula is C9H13FN2. The Morgan fingerprint density at radius 1 is 1.42 bits per heavy atom. The molecule has 0 bridgehead atoms. The van der Waals surface area contributed by atoms with E-state index >= 15 is 0 Å². The molecule has 66 valence electrons. The molecule has 0 fully saturated rings. The summed E-state index contributed by atoms with van der Waals surface area (Å²) < 4.78 is 12.9. The molecule has 0 aliphatic carbocycles. The summed E-state index contributed by atoms with van der Waals surface area (Å²) >= 11 is 0. The highest BCUT2D eigenvalue weighted by Crippen LogP contribution is 2.05. The van der Waals surface area contributed by atoms with Crippen LogP contribution in [-0.4, -0.2) is 11.5 Å². The van der Waals surface area contributed by atoms with E-state index in [4.69, 9.17) is 5.73 Å². The van der Waals surface area contributed by atoms with Crippen LogP contribution in [0, 0.1) is 5.82 Å². The first-order valence-electron chi connectivity index (χ1n) is 4.14. The van der Waals surface area contributed by atoms with Crippen molar-refractivity contribution in [1.29, 1.82) is 0 Å². The van der Waals surface area contributed by atoms with Gasteiger partial charge in [0.15, 0.2) is 0 Å². The number of nitrogens with two attached hydrogens (primary N) is 1. The SMILES string of the molecule is NCCCCc1ncccc1F. The van der Waals surface area contributed by atoms with Crippen molar-refractivity contribution in [2.75, 3.05) is 6.54 Å². The maximum atomic E-state index is 12.9. The van der Waals surface area contributed by atoms with Crippen LogP contribution in [0.3, 0.4) is 0 Å². The Balaban J connectivity index is 2.46. The summed E-state index contributed by atoms with van der Waals surface area (Å²) in [7, 11) is 0.